The van der Waals surface area contributed by atoms with Crippen LogP contribution in [0.4, 0.5) is 0 Å². The first kappa shape index (κ1) is 19.0. The van der Waals surface area contributed by atoms with Crippen LogP contribution in [0.2, 0.25) is 0 Å². The molecule has 5 rings (SSSR count). The molecule has 2 aromatic carbocycles. The first-order valence-corrected chi connectivity index (χ1v) is 10.8. The summed E-state index contributed by atoms with van der Waals surface area (Å²) < 4.78 is 4.49. The zero-order valence-corrected chi connectivity index (χ0v) is 18.6. The highest BCUT2D eigenvalue weighted by atomic mass is 79.9. The van der Waals surface area contributed by atoms with E-state index in [1.54, 1.807) is 11.0 Å². The molecule has 3 aromatic heterocycles. The Morgan fingerprint density at radius 1 is 0.967 bits per heavy atom. The average Bonchev–Trinajstić information content (AvgIpc) is 3.30. The van der Waals surface area contributed by atoms with E-state index in [9.17, 15) is 0 Å². The van der Waals surface area contributed by atoms with Gasteiger partial charge in [0, 0.05) is 12.6 Å². The maximum atomic E-state index is 4.51. The second kappa shape index (κ2) is 7.66. The molecule has 0 amide bonds. The predicted molar refractivity (Wildman–Crippen MR) is 120 cm³/mol. The second-order valence-corrected chi connectivity index (χ2v) is 8.45. The third-order valence-electron chi connectivity index (χ3n) is 4.66. The van der Waals surface area contributed by atoms with Crippen molar-refractivity contribution in [3.63, 3.8) is 0 Å². The minimum absolute atomic E-state index is 0.702. The minimum Gasteiger partial charge on any atom is -0.270 e. The summed E-state index contributed by atoms with van der Waals surface area (Å²) >= 11 is 4.97. The summed E-state index contributed by atoms with van der Waals surface area (Å²) in [7, 11) is 1.86. The fourth-order valence-electron chi connectivity index (χ4n) is 3.29. The van der Waals surface area contributed by atoms with E-state index < -0.39 is 0 Å². The number of benzene rings is 2. The summed E-state index contributed by atoms with van der Waals surface area (Å²) in [5, 5.41) is 15.8. The molecule has 3 heterocycles. The summed E-state index contributed by atoms with van der Waals surface area (Å²) in [4.78, 5) is 8.85. The van der Waals surface area contributed by atoms with Gasteiger partial charge in [-0.1, -0.05) is 42.5 Å². The number of rotatable bonds is 4. The summed E-state index contributed by atoms with van der Waals surface area (Å²) in [6.07, 6.45) is 1.55. The quantitative estimate of drug-likeness (QED) is 0.345. The van der Waals surface area contributed by atoms with E-state index in [1.165, 1.54) is 11.8 Å². The van der Waals surface area contributed by atoms with Gasteiger partial charge >= 0.3 is 0 Å². The Morgan fingerprint density at radius 2 is 1.80 bits per heavy atom. The highest BCUT2D eigenvalue weighted by Gasteiger charge is 2.20. The van der Waals surface area contributed by atoms with Crippen LogP contribution in [0.5, 0.6) is 0 Å². The van der Waals surface area contributed by atoms with E-state index in [2.05, 4.69) is 70.9 Å². The van der Waals surface area contributed by atoms with Gasteiger partial charge in [-0.25, -0.2) is 14.6 Å². The number of fused-ring (bicyclic) bond motifs is 1. The summed E-state index contributed by atoms with van der Waals surface area (Å²) in [6, 6.07) is 18.3. The van der Waals surface area contributed by atoms with E-state index in [0.717, 1.165) is 43.9 Å². The molecule has 0 aliphatic rings. The number of aromatic nitrogens is 7. The second-order valence-electron chi connectivity index (χ2n) is 6.74. The summed E-state index contributed by atoms with van der Waals surface area (Å²) in [6.45, 7) is 2.07. The largest absolute Gasteiger partial charge is 0.270 e. The molecule has 9 heteroatoms. The Morgan fingerprint density at radius 3 is 2.60 bits per heavy atom. The van der Waals surface area contributed by atoms with Gasteiger partial charge in [0.1, 0.15) is 16.0 Å². The first-order chi connectivity index (χ1) is 14.6. The molecule has 5 aromatic rings. The van der Waals surface area contributed by atoms with E-state index in [-0.39, 0.29) is 0 Å². The Kier molecular flexibility index (Phi) is 4.84. The molecule has 0 unspecified atom stereocenters. The van der Waals surface area contributed by atoms with Crippen LogP contribution in [0.1, 0.15) is 5.56 Å². The van der Waals surface area contributed by atoms with E-state index in [4.69, 9.17) is 0 Å². The van der Waals surface area contributed by atoms with Gasteiger partial charge in [0.05, 0.1) is 11.1 Å². The molecule has 0 N–H and O–H groups in total. The first-order valence-electron chi connectivity index (χ1n) is 9.21. The Labute approximate surface area is 185 Å². The highest BCUT2D eigenvalue weighted by molar-refractivity contribution is 9.10. The van der Waals surface area contributed by atoms with Crippen LogP contribution >= 0.6 is 27.7 Å². The molecule has 0 aliphatic heterocycles. The third-order valence-corrected chi connectivity index (χ3v) is 6.16. The van der Waals surface area contributed by atoms with Gasteiger partial charge in [0.25, 0.3) is 0 Å². The number of hydrogen-bond acceptors (Lipinski definition) is 6. The lowest BCUT2D eigenvalue weighted by Gasteiger charge is -2.11. The monoisotopic (exact) mass is 477 g/mol. The molecule has 0 saturated heterocycles. The van der Waals surface area contributed by atoms with E-state index in [1.807, 2.05) is 43.4 Å². The maximum Gasteiger partial charge on any atom is 0.202 e. The van der Waals surface area contributed by atoms with Gasteiger partial charge in [-0.15, -0.1) is 10.2 Å². The summed E-state index contributed by atoms with van der Waals surface area (Å²) in [5.41, 5.74) is 3.91. The zero-order valence-electron chi connectivity index (χ0n) is 16.2. The third kappa shape index (κ3) is 3.29. The highest BCUT2D eigenvalue weighted by Crippen LogP contribution is 2.36. The smallest absolute Gasteiger partial charge is 0.202 e. The molecule has 0 radical (unpaired) electrons. The zero-order chi connectivity index (χ0) is 20.7. The van der Waals surface area contributed by atoms with Crippen LogP contribution < -0.4 is 0 Å². The normalized spacial score (nSPS) is 11.3. The number of hydrogen-bond donors (Lipinski definition) is 0. The van der Waals surface area contributed by atoms with Gasteiger partial charge < -0.3 is 0 Å². The van der Waals surface area contributed by atoms with Crippen molar-refractivity contribution < 1.29 is 0 Å². The lowest BCUT2D eigenvalue weighted by atomic mass is 10.2. The van der Waals surface area contributed by atoms with Gasteiger partial charge in [-0.2, -0.15) is 5.10 Å². The Balaban J connectivity index is 1.69. The standard InChI is InChI=1S/C21H16BrN7S/c1-13-7-6-10-15(11-13)29-18(14-8-4-3-5-9-14)25-26-21(29)30-20-16-17(22)27-28(2)19(16)23-12-24-20/h3-12H,1-2H3. The molecule has 7 nitrogen and oxygen atoms in total. The van der Waals surface area contributed by atoms with Crippen molar-refractivity contribution in [2.75, 3.05) is 0 Å². The molecule has 0 saturated carbocycles. The van der Waals surface area contributed by atoms with Crippen LogP contribution in [0.3, 0.4) is 0 Å². The molecule has 0 fully saturated rings. The molecule has 0 bridgehead atoms. The van der Waals surface area contributed by atoms with Crippen molar-refractivity contribution >= 4 is 38.7 Å². The molecule has 0 atom stereocenters. The molecule has 0 spiro atoms. The van der Waals surface area contributed by atoms with Crippen molar-refractivity contribution in [1.82, 2.24) is 34.5 Å². The van der Waals surface area contributed by atoms with Crippen molar-refractivity contribution in [2.24, 2.45) is 7.05 Å². The van der Waals surface area contributed by atoms with Crippen LogP contribution in [0.15, 0.2) is 75.7 Å². The van der Waals surface area contributed by atoms with Crippen molar-refractivity contribution in [3.05, 3.63) is 71.1 Å². The van der Waals surface area contributed by atoms with Gasteiger partial charge in [-0.3, -0.25) is 4.57 Å². The number of halogens is 1. The molecular weight excluding hydrogens is 462 g/mol. The maximum absolute atomic E-state index is 4.51. The number of aryl methyl sites for hydroxylation is 2. The van der Waals surface area contributed by atoms with Crippen LogP contribution in [0, 0.1) is 6.92 Å². The van der Waals surface area contributed by atoms with Crippen molar-refractivity contribution in [2.45, 2.75) is 17.1 Å². The van der Waals surface area contributed by atoms with Gasteiger partial charge in [-0.05, 0) is 52.3 Å². The summed E-state index contributed by atoms with van der Waals surface area (Å²) in [5.74, 6) is 0.777. The van der Waals surface area contributed by atoms with Gasteiger partial charge in [0.15, 0.2) is 11.5 Å². The Bertz CT molecular complexity index is 1360. The van der Waals surface area contributed by atoms with Crippen LogP contribution in [-0.2, 0) is 7.05 Å². The van der Waals surface area contributed by atoms with Crippen LogP contribution in [0.25, 0.3) is 28.1 Å². The molecule has 148 valence electrons. The van der Waals surface area contributed by atoms with Crippen molar-refractivity contribution in [1.29, 1.82) is 0 Å². The van der Waals surface area contributed by atoms with Crippen molar-refractivity contribution in [3.8, 4) is 17.1 Å². The topological polar surface area (TPSA) is 74.3 Å². The fraction of sp³-hybridized carbons (Fsp3) is 0.0952. The van der Waals surface area contributed by atoms with E-state index in [0.29, 0.717) is 4.60 Å². The lowest BCUT2D eigenvalue weighted by molar-refractivity contribution is 0.777. The lowest BCUT2D eigenvalue weighted by Crippen LogP contribution is -2.00. The SMILES string of the molecule is Cc1cccc(-n2c(Sc3ncnc4c3c(Br)nn4C)nnc2-c2ccccc2)c1. The van der Waals surface area contributed by atoms with E-state index >= 15 is 0 Å². The molecule has 30 heavy (non-hydrogen) atoms. The molecular formula is C21H16BrN7S. The van der Waals surface area contributed by atoms with Gasteiger partial charge in [0.2, 0.25) is 5.16 Å². The fourth-order valence-corrected chi connectivity index (χ4v) is 4.95. The van der Waals surface area contributed by atoms with Crippen LogP contribution in [-0.4, -0.2) is 34.5 Å². The predicted octanol–water partition coefficient (Wildman–Crippen LogP) is 4.83. The Hall–Kier alpha value is -3.04. The average molecular weight is 478 g/mol. The molecule has 0 aliphatic carbocycles. The minimum atomic E-state index is 0.702. The number of nitrogens with zero attached hydrogens (tertiary/aromatic N) is 7.